The van der Waals surface area contributed by atoms with E-state index in [1.807, 2.05) is 45.0 Å². The molecule has 0 radical (unpaired) electrons. The average Bonchev–Trinajstić information content (AvgIpc) is 2.60. The Balaban J connectivity index is 1.37. The van der Waals surface area contributed by atoms with Crippen molar-refractivity contribution in [2.24, 2.45) is 28.6 Å². The fourth-order valence-corrected chi connectivity index (χ4v) is 5.99. The van der Waals surface area contributed by atoms with Crippen LogP contribution in [0, 0.1) is 28.6 Å². The van der Waals surface area contributed by atoms with Gasteiger partial charge in [-0.15, -0.1) is 0 Å². The fraction of sp³-hybridized carbons (Fsp3) is 0.609. The molecule has 4 saturated carbocycles. The lowest BCUT2D eigenvalue weighted by Gasteiger charge is -2.55. The number of benzene rings is 1. The molecule has 29 heavy (non-hydrogen) atoms. The first-order valence-corrected chi connectivity index (χ1v) is 11.1. The second-order valence-corrected chi connectivity index (χ2v) is 10.8. The van der Waals surface area contributed by atoms with E-state index >= 15 is 0 Å². The van der Waals surface area contributed by atoms with Gasteiger partial charge in [-0.2, -0.15) is 0 Å². The number of carbonyl (C=O) groups is 2. The summed E-state index contributed by atoms with van der Waals surface area (Å²) >= 11 is 5.43. The first-order valence-electron chi connectivity index (χ1n) is 10.7. The van der Waals surface area contributed by atoms with Crippen molar-refractivity contribution >= 4 is 40.5 Å². The van der Waals surface area contributed by atoms with Gasteiger partial charge in [0.05, 0.1) is 5.41 Å². The van der Waals surface area contributed by atoms with Gasteiger partial charge in [-0.05, 0) is 86.7 Å². The highest BCUT2D eigenvalue weighted by Crippen LogP contribution is 2.60. The van der Waals surface area contributed by atoms with E-state index in [2.05, 4.69) is 16.0 Å². The monoisotopic (exact) mass is 413 g/mol. The Morgan fingerprint density at radius 3 is 2.00 bits per heavy atom. The molecular formula is C23H31N3O2S. The molecular weight excluding hydrogens is 382 g/mol. The third kappa shape index (κ3) is 4.32. The number of hydrogen-bond donors (Lipinski definition) is 3. The molecule has 0 atom stereocenters. The van der Waals surface area contributed by atoms with Crippen molar-refractivity contribution in [3.8, 4) is 0 Å². The molecule has 0 unspecified atom stereocenters. The third-order valence-electron chi connectivity index (χ3n) is 6.81. The molecule has 0 heterocycles. The van der Waals surface area contributed by atoms with Crippen molar-refractivity contribution in [3.05, 3.63) is 24.3 Å². The number of carbonyl (C=O) groups excluding carboxylic acids is 2. The van der Waals surface area contributed by atoms with Gasteiger partial charge in [0.2, 0.25) is 11.8 Å². The second kappa shape index (κ2) is 7.38. The van der Waals surface area contributed by atoms with E-state index in [1.165, 1.54) is 19.3 Å². The molecule has 5 rings (SSSR count). The Hall–Kier alpha value is -1.95. The average molecular weight is 414 g/mol. The van der Waals surface area contributed by atoms with Crippen molar-refractivity contribution < 1.29 is 9.59 Å². The summed E-state index contributed by atoms with van der Waals surface area (Å²) in [6.45, 7) is 5.62. The maximum atomic E-state index is 13.1. The molecule has 4 bridgehead atoms. The summed E-state index contributed by atoms with van der Waals surface area (Å²) in [5.74, 6) is 2.20. The predicted octanol–water partition coefficient (Wildman–Crippen LogP) is 4.70. The van der Waals surface area contributed by atoms with E-state index in [1.54, 1.807) is 0 Å². The number of amides is 2. The molecule has 5 nitrogen and oxygen atoms in total. The van der Waals surface area contributed by atoms with Crippen LogP contribution in [0.15, 0.2) is 24.3 Å². The molecule has 4 fully saturated rings. The smallest absolute Gasteiger partial charge is 0.232 e. The van der Waals surface area contributed by atoms with Gasteiger partial charge in [0.25, 0.3) is 0 Å². The van der Waals surface area contributed by atoms with Crippen LogP contribution >= 0.6 is 12.2 Å². The lowest BCUT2D eigenvalue weighted by atomic mass is 9.49. The van der Waals surface area contributed by atoms with Crippen LogP contribution in [0.4, 0.5) is 11.4 Å². The number of anilines is 2. The Bertz CT molecular complexity index is 807. The lowest BCUT2D eigenvalue weighted by Crippen LogP contribution is -2.55. The van der Waals surface area contributed by atoms with Crippen molar-refractivity contribution in [1.82, 2.24) is 5.32 Å². The molecule has 6 heteroatoms. The molecule has 4 aliphatic carbocycles. The van der Waals surface area contributed by atoms with E-state index in [0.717, 1.165) is 42.7 Å². The van der Waals surface area contributed by atoms with Crippen LogP contribution in [0.3, 0.4) is 0 Å². The molecule has 1 aromatic carbocycles. The standard InChI is InChI=1S/C23H31N3O2S/c1-22(2,3)19(27)24-17-5-4-6-18(10-17)25-21(29)26-20(28)23-11-14-7-15(12-23)9-16(8-14)13-23/h4-6,10,14-16H,7-9,11-13H2,1-3H3,(H,24,27)(H2,25,26,28,29). The topological polar surface area (TPSA) is 70.2 Å². The Morgan fingerprint density at radius 2 is 1.48 bits per heavy atom. The van der Waals surface area contributed by atoms with Crippen LogP contribution < -0.4 is 16.0 Å². The van der Waals surface area contributed by atoms with Gasteiger partial charge in [-0.25, -0.2) is 0 Å². The molecule has 2 amide bonds. The Morgan fingerprint density at radius 1 is 0.966 bits per heavy atom. The first-order chi connectivity index (χ1) is 13.6. The van der Waals surface area contributed by atoms with Crippen molar-refractivity contribution in [2.75, 3.05) is 10.6 Å². The third-order valence-corrected chi connectivity index (χ3v) is 7.01. The minimum atomic E-state index is -0.468. The molecule has 0 aliphatic heterocycles. The molecule has 1 aromatic rings. The Kier molecular flexibility index (Phi) is 5.18. The molecule has 0 aromatic heterocycles. The van der Waals surface area contributed by atoms with E-state index in [0.29, 0.717) is 10.8 Å². The molecule has 0 spiro atoms. The lowest BCUT2D eigenvalue weighted by molar-refractivity contribution is -0.144. The van der Waals surface area contributed by atoms with Gasteiger partial charge in [-0.3, -0.25) is 9.59 Å². The Labute approximate surface area is 178 Å². The number of rotatable bonds is 3. The summed E-state index contributed by atoms with van der Waals surface area (Å²) in [5, 5.41) is 9.31. The normalized spacial score (nSPS) is 30.0. The van der Waals surface area contributed by atoms with Crippen molar-refractivity contribution in [2.45, 2.75) is 59.3 Å². The van der Waals surface area contributed by atoms with Gasteiger partial charge in [0.15, 0.2) is 5.11 Å². The van der Waals surface area contributed by atoms with Gasteiger partial charge < -0.3 is 16.0 Å². The summed E-state index contributed by atoms with van der Waals surface area (Å²) < 4.78 is 0. The van der Waals surface area contributed by atoms with Crippen LogP contribution in [-0.4, -0.2) is 16.9 Å². The van der Waals surface area contributed by atoms with Gasteiger partial charge in [-0.1, -0.05) is 26.8 Å². The largest absolute Gasteiger partial charge is 0.332 e. The van der Waals surface area contributed by atoms with Gasteiger partial charge in [0, 0.05) is 16.8 Å². The SMILES string of the molecule is CC(C)(C)C(=O)Nc1cccc(NC(=S)NC(=O)C23CC4CC(CC(C4)C2)C3)c1. The zero-order chi connectivity index (χ0) is 20.8. The molecule has 156 valence electrons. The maximum Gasteiger partial charge on any atom is 0.232 e. The van der Waals surface area contributed by atoms with Crippen LogP contribution in [-0.2, 0) is 9.59 Å². The first kappa shape index (κ1) is 20.3. The number of nitrogens with one attached hydrogen (secondary N) is 3. The van der Waals surface area contributed by atoms with Gasteiger partial charge >= 0.3 is 0 Å². The van der Waals surface area contributed by atoms with E-state index in [-0.39, 0.29) is 17.2 Å². The van der Waals surface area contributed by atoms with E-state index < -0.39 is 5.41 Å². The maximum absolute atomic E-state index is 13.1. The van der Waals surface area contributed by atoms with Crippen LogP contribution in [0.25, 0.3) is 0 Å². The molecule has 0 saturated heterocycles. The zero-order valence-electron chi connectivity index (χ0n) is 17.5. The number of thiocarbonyl (C=S) groups is 1. The second-order valence-electron chi connectivity index (χ2n) is 10.4. The minimum absolute atomic E-state index is 0.0488. The highest BCUT2D eigenvalue weighted by atomic mass is 32.1. The van der Waals surface area contributed by atoms with E-state index in [4.69, 9.17) is 12.2 Å². The zero-order valence-corrected chi connectivity index (χ0v) is 18.3. The van der Waals surface area contributed by atoms with Crippen LogP contribution in [0.1, 0.15) is 59.3 Å². The van der Waals surface area contributed by atoms with Crippen LogP contribution in [0.2, 0.25) is 0 Å². The van der Waals surface area contributed by atoms with Crippen molar-refractivity contribution in [1.29, 1.82) is 0 Å². The summed E-state index contributed by atoms with van der Waals surface area (Å²) in [6, 6.07) is 7.39. The highest BCUT2D eigenvalue weighted by Gasteiger charge is 2.54. The van der Waals surface area contributed by atoms with E-state index in [9.17, 15) is 9.59 Å². The molecule has 4 aliphatic rings. The fourth-order valence-electron chi connectivity index (χ4n) is 5.78. The summed E-state index contributed by atoms with van der Waals surface area (Å²) in [5.41, 5.74) is 0.755. The summed E-state index contributed by atoms with van der Waals surface area (Å²) in [7, 11) is 0. The highest BCUT2D eigenvalue weighted by molar-refractivity contribution is 7.80. The molecule has 3 N–H and O–H groups in total. The van der Waals surface area contributed by atoms with Crippen molar-refractivity contribution in [3.63, 3.8) is 0 Å². The van der Waals surface area contributed by atoms with Gasteiger partial charge in [0.1, 0.15) is 0 Å². The summed E-state index contributed by atoms with van der Waals surface area (Å²) in [6.07, 6.45) is 6.97. The van der Waals surface area contributed by atoms with Crippen LogP contribution in [0.5, 0.6) is 0 Å². The quantitative estimate of drug-likeness (QED) is 0.628. The number of hydrogen-bond acceptors (Lipinski definition) is 3. The summed E-state index contributed by atoms with van der Waals surface area (Å²) in [4.78, 5) is 25.3. The minimum Gasteiger partial charge on any atom is -0.332 e. The predicted molar refractivity (Wildman–Crippen MR) is 119 cm³/mol.